The fourth-order valence-corrected chi connectivity index (χ4v) is 3.03. The highest BCUT2D eigenvalue weighted by molar-refractivity contribution is 5.94. The van der Waals surface area contributed by atoms with Crippen LogP contribution in [0.5, 0.6) is 17.2 Å². The summed E-state index contributed by atoms with van der Waals surface area (Å²) in [6.45, 7) is 2.21. The topological polar surface area (TPSA) is 56.8 Å². The van der Waals surface area contributed by atoms with Gasteiger partial charge in [-0.15, -0.1) is 0 Å². The molecule has 0 saturated heterocycles. The van der Waals surface area contributed by atoms with Gasteiger partial charge in [0.2, 0.25) is 0 Å². The summed E-state index contributed by atoms with van der Waals surface area (Å²) < 4.78 is 16.7. The molecule has 5 nitrogen and oxygen atoms in total. The Morgan fingerprint density at radius 3 is 2.21 bits per heavy atom. The molecule has 0 aliphatic rings. The van der Waals surface area contributed by atoms with Gasteiger partial charge in [0, 0.05) is 11.1 Å². The molecule has 1 amide bonds. The van der Waals surface area contributed by atoms with Gasteiger partial charge in [0.15, 0.2) is 11.5 Å². The van der Waals surface area contributed by atoms with Gasteiger partial charge in [-0.25, -0.2) is 0 Å². The van der Waals surface area contributed by atoms with Crippen molar-refractivity contribution >= 4 is 5.91 Å². The van der Waals surface area contributed by atoms with E-state index in [9.17, 15) is 4.79 Å². The lowest BCUT2D eigenvalue weighted by Crippen LogP contribution is -2.26. The van der Waals surface area contributed by atoms with Crippen LogP contribution in [0.1, 0.15) is 34.5 Å². The number of nitrogens with one attached hydrogen (secondary N) is 1. The minimum absolute atomic E-state index is 0.0981. The van der Waals surface area contributed by atoms with Crippen molar-refractivity contribution < 1.29 is 19.0 Å². The van der Waals surface area contributed by atoms with E-state index in [0.29, 0.717) is 22.8 Å². The Morgan fingerprint density at radius 2 is 1.52 bits per heavy atom. The maximum Gasteiger partial charge on any atom is 0.251 e. The van der Waals surface area contributed by atoms with Crippen molar-refractivity contribution in [3.8, 4) is 17.2 Å². The Balaban J connectivity index is 1.75. The van der Waals surface area contributed by atoms with Crippen molar-refractivity contribution in [2.75, 3.05) is 14.2 Å². The maximum atomic E-state index is 12.7. The number of carbonyl (C=O) groups excluding carboxylic acids is 1. The molecular weight excluding hydrogens is 366 g/mol. The van der Waals surface area contributed by atoms with Crippen LogP contribution in [0.25, 0.3) is 0 Å². The minimum Gasteiger partial charge on any atom is -0.496 e. The molecule has 0 saturated carbocycles. The van der Waals surface area contributed by atoms with Crippen molar-refractivity contribution in [1.29, 1.82) is 0 Å². The lowest BCUT2D eigenvalue weighted by molar-refractivity contribution is 0.0939. The van der Waals surface area contributed by atoms with Crippen LogP contribution >= 0.6 is 0 Å². The van der Waals surface area contributed by atoms with Crippen LogP contribution in [-0.4, -0.2) is 20.1 Å². The summed E-state index contributed by atoms with van der Waals surface area (Å²) in [6.07, 6.45) is 0. The predicted octanol–water partition coefficient (Wildman–Crippen LogP) is 4.77. The number of methoxy groups -OCH3 is 2. The van der Waals surface area contributed by atoms with E-state index in [1.54, 1.807) is 32.4 Å². The smallest absolute Gasteiger partial charge is 0.251 e. The van der Waals surface area contributed by atoms with E-state index in [-0.39, 0.29) is 18.6 Å². The van der Waals surface area contributed by atoms with E-state index in [1.807, 2.05) is 61.5 Å². The Bertz CT molecular complexity index is 956. The quantitative estimate of drug-likeness (QED) is 0.601. The molecule has 3 aromatic carbocycles. The van der Waals surface area contributed by atoms with Crippen molar-refractivity contribution in [2.24, 2.45) is 0 Å². The van der Waals surface area contributed by atoms with E-state index >= 15 is 0 Å². The number of carbonyl (C=O) groups is 1. The molecule has 3 rings (SSSR count). The summed E-state index contributed by atoms with van der Waals surface area (Å²) in [5.41, 5.74) is 2.37. The molecule has 150 valence electrons. The average Bonchev–Trinajstić information content (AvgIpc) is 2.78. The fourth-order valence-electron chi connectivity index (χ4n) is 3.03. The van der Waals surface area contributed by atoms with E-state index in [2.05, 4.69) is 5.32 Å². The van der Waals surface area contributed by atoms with Crippen molar-refractivity contribution in [2.45, 2.75) is 19.6 Å². The fraction of sp³-hybridized carbons (Fsp3) is 0.208. The molecular formula is C24H25NO4. The maximum absolute atomic E-state index is 12.7. The second-order valence-electron chi connectivity index (χ2n) is 6.57. The van der Waals surface area contributed by atoms with E-state index in [4.69, 9.17) is 14.2 Å². The molecule has 1 atom stereocenters. The highest BCUT2D eigenvalue weighted by Crippen LogP contribution is 2.28. The largest absolute Gasteiger partial charge is 0.496 e. The van der Waals surface area contributed by atoms with Gasteiger partial charge in [-0.05, 0) is 42.8 Å². The molecule has 1 N–H and O–H groups in total. The zero-order chi connectivity index (χ0) is 20.6. The van der Waals surface area contributed by atoms with Crippen molar-refractivity contribution in [1.82, 2.24) is 5.32 Å². The van der Waals surface area contributed by atoms with E-state index < -0.39 is 0 Å². The first-order valence-corrected chi connectivity index (χ1v) is 9.41. The van der Waals surface area contributed by atoms with Crippen LogP contribution in [0.2, 0.25) is 0 Å². The first-order valence-electron chi connectivity index (χ1n) is 9.41. The zero-order valence-electron chi connectivity index (χ0n) is 16.8. The molecule has 29 heavy (non-hydrogen) atoms. The highest BCUT2D eigenvalue weighted by Gasteiger charge is 2.14. The second kappa shape index (κ2) is 9.64. The van der Waals surface area contributed by atoms with Gasteiger partial charge in [0.1, 0.15) is 12.4 Å². The van der Waals surface area contributed by atoms with Gasteiger partial charge in [-0.3, -0.25) is 4.79 Å². The Morgan fingerprint density at radius 1 is 0.862 bits per heavy atom. The number of hydrogen-bond donors (Lipinski definition) is 1. The summed E-state index contributed by atoms with van der Waals surface area (Å²) in [4.78, 5) is 12.7. The summed E-state index contributed by atoms with van der Waals surface area (Å²) in [5, 5.41) is 3.03. The molecule has 0 heterocycles. The average molecular weight is 391 g/mol. The van der Waals surface area contributed by atoms with Gasteiger partial charge in [0.25, 0.3) is 5.91 Å². The Kier molecular flexibility index (Phi) is 6.74. The second-order valence-corrected chi connectivity index (χ2v) is 6.57. The molecule has 1 unspecified atom stereocenters. The number of amides is 1. The molecule has 0 spiro atoms. The lowest BCUT2D eigenvalue weighted by Gasteiger charge is -2.16. The van der Waals surface area contributed by atoms with Gasteiger partial charge in [-0.2, -0.15) is 0 Å². The standard InChI is InChI=1S/C24H25NO4/c1-17(18-9-5-4-6-10-18)25-24(26)19-13-14-21(27-2)20(15-19)16-29-23-12-8-7-11-22(23)28-3/h4-15,17H,16H2,1-3H3,(H,25,26). The van der Waals surface area contributed by atoms with Crippen LogP contribution in [0.4, 0.5) is 0 Å². The summed E-state index contributed by atoms with van der Waals surface area (Å²) >= 11 is 0. The number of ether oxygens (including phenoxy) is 3. The third-order valence-corrected chi connectivity index (χ3v) is 4.64. The lowest BCUT2D eigenvalue weighted by atomic mass is 10.1. The number of benzene rings is 3. The van der Waals surface area contributed by atoms with Crippen LogP contribution < -0.4 is 19.5 Å². The van der Waals surface area contributed by atoms with Crippen LogP contribution in [0.3, 0.4) is 0 Å². The number of para-hydroxylation sites is 2. The van der Waals surface area contributed by atoms with E-state index in [1.165, 1.54) is 0 Å². The summed E-state index contributed by atoms with van der Waals surface area (Å²) in [6, 6.07) is 22.5. The first-order chi connectivity index (χ1) is 14.1. The zero-order valence-corrected chi connectivity index (χ0v) is 16.8. The Hall–Kier alpha value is -3.47. The van der Waals surface area contributed by atoms with Gasteiger partial charge in [0.05, 0.1) is 20.3 Å². The Labute approximate surface area is 171 Å². The van der Waals surface area contributed by atoms with Crippen LogP contribution in [-0.2, 0) is 6.61 Å². The van der Waals surface area contributed by atoms with E-state index in [0.717, 1.165) is 11.1 Å². The summed E-state index contributed by atoms with van der Waals surface area (Å²) in [5.74, 6) is 1.79. The highest BCUT2D eigenvalue weighted by atomic mass is 16.5. The third kappa shape index (κ3) is 5.08. The molecule has 0 aliphatic carbocycles. The molecule has 0 bridgehead atoms. The van der Waals surface area contributed by atoms with Crippen LogP contribution in [0.15, 0.2) is 72.8 Å². The molecule has 0 fully saturated rings. The third-order valence-electron chi connectivity index (χ3n) is 4.64. The van der Waals surface area contributed by atoms with Crippen molar-refractivity contribution in [3.63, 3.8) is 0 Å². The first kappa shape index (κ1) is 20.3. The molecule has 5 heteroatoms. The molecule has 0 radical (unpaired) electrons. The number of hydrogen-bond acceptors (Lipinski definition) is 4. The summed E-state index contributed by atoms with van der Waals surface area (Å²) in [7, 11) is 3.20. The van der Waals surface area contributed by atoms with Gasteiger partial charge < -0.3 is 19.5 Å². The molecule has 0 aliphatic heterocycles. The molecule has 3 aromatic rings. The van der Waals surface area contributed by atoms with Crippen LogP contribution in [0, 0.1) is 0 Å². The van der Waals surface area contributed by atoms with Crippen molar-refractivity contribution in [3.05, 3.63) is 89.5 Å². The minimum atomic E-state index is -0.150. The molecule has 0 aromatic heterocycles. The number of rotatable bonds is 8. The van der Waals surface area contributed by atoms with Gasteiger partial charge >= 0.3 is 0 Å². The van der Waals surface area contributed by atoms with Gasteiger partial charge in [-0.1, -0.05) is 42.5 Å². The monoisotopic (exact) mass is 391 g/mol. The SMILES string of the molecule is COc1ccc(C(=O)NC(C)c2ccccc2)cc1COc1ccccc1OC. The predicted molar refractivity (Wildman–Crippen MR) is 113 cm³/mol. The normalized spacial score (nSPS) is 11.4.